The van der Waals surface area contributed by atoms with E-state index in [1.165, 1.54) is 5.56 Å². The van der Waals surface area contributed by atoms with E-state index < -0.39 is 0 Å². The van der Waals surface area contributed by atoms with Crippen molar-refractivity contribution in [3.05, 3.63) is 83.0 Å². The summed E-state index contributed by atoms with van der Waals surface area (Å²) < 4.78 is 5.88. The molecule has 0 unspecified atom stereocenters. The van der Waals surface area contributed by atoms with Gasteiger partial charge in [0.05, 0.1) is 0 Å². The fraction of sp³-hybridized carbons (Fsp3) is 0.217. The van der Waals surface area contributed by atoms with Crippen LogP contribution in [-0.2, 0) is 6.42 Å². The number of hydrogen-bond donors (Lipinski definition) is 1. The Morgan fingerprint density at radius 2 is 1.86 bits per heavy atom. The summed E-state index contributed by atoms with van der Waals surface area (Å²) in [5, 5.41) is 13.3. The normalized spacial score (nSPS) is 13.9. The first kappa shape index (κ1) is 18.0. The lowest BCUT2D eigenvalue weighted by molar-refractivity contribution is 0.318. The van der Waals surface area contributed by atoms with Gasteiger partial charge >= 0.3 is 0 Å². The number of ether oxygens (including phenoxy) is 1. The molecule has 0 aliphatic carbocycles. The van der Waals surface area contributed by atoms with E-state index in [1.54, 1.807) is 12.3 Å². The average Bonchev–Trinajstić information content (AvgIpc) is 2.69. The third-order valence-electron chi connectivity index (χ3n) is 4.87. The first-order valence-corrected chi connectivity index (χ1v) is 9.44. The zero-order valence-corrected chi connectivity index (χ0v) is 16.1. The molecular weight excluding hydrogens is 350 g/mol. The van der Waals surface area contributed by atoms with E-state index in [9.17, 15) is 5.21 Å². The average molecular weight is 373 g/mol. The zero-order valence-electron chi connectivity index (χ0n) is 16.1. The summed E-state index contributed by atoms with van der Waals surface area (Å²) in [6, 6.07) is 18.0. The van der Waals surface area contributed by atoms with Crippen molar-refractivity contribution >= 4 is 11.5 Å². The first-order chi connectivity index (χ1) is 13.6. The van der Waals surface area contributed by atoms with E-state index >= 15 is 0 Å². The highest BCUT2D eigenvalue weighted by atomic mass is 16.5. The van der Waals surface area contributed by atoms with Crippen LogP contribution in [0, 0.1) is 13.8 Å². The second-order valence-electron chi connectivity index (χ2n) is 7.12. The molecule has 0 spiro atoms. The molecule has 142 valence electrons. The van der Waals surface area contributed by atoms with Gasteiger partial charge in [-0.15, -0.1) is 0 Å². The Bertz CT molecular complexity index is 992. The molecule has 1 N–H and O–H groups in total. The largest absolute Gasteiger partial charge is 0.439 e. The molecule has 4 rings (SSSR count). The number of oxime groups is 1. The smallest absolute Gasteiger partial charge is 0.219 e. The molecular formula is C23H23N3O2. The van der Waals surface area contributed by atoms with Crippen molar-refractivity contribution in [2.24, 2.45) is 5.16 Å². The fourth-order valence-corrected chi connectivity index (χ4v) is 3.71. The lowest BCUT2D eigenvalue weighted by Crippen LogP contribution is -2.36. The van der Waals surface area contributed by atoms with Gasteiger partial charge in [-0.3, -0.25) is 0 Å². The summed E-state index contributed by atoms with van der Waals surface area (Å²) in [6.45, 7) is 4.88. The molecule has 0 bridgehead atoms. The number of para-hydroxylation sites is 1. The van der Waals surface area contributed by atoms with Crippen LogP contribution in [0.15, 0.2) is 65.9 Å². The van der Waals surface area contributed by atoms with Gasteiger partial charge in [0.1, 0.15) is 5.75 Å². The summed E-state index contributed by atoms with van der Waals surface area (Å²) in [7, 11) is 0. The Morgan fingerprint density at radius 3 is 2.57 bits per heavy atom. The van der Waals surface area contributed by atoms with Gasteiger partial charge in [-0.2, -0.15) is 0 Å². The molecule has 5 heteroatoms. The van der Waals surface area contributed by atoms with Crippen molar-refractivity contribution in [1.29, 1.82) is 0 Å². The van der Waals surface area contributed by atoms with Crippen LogP contribution in [0.4, 0.5) is 5.69 Å². The van der Waals surface area contributed by atoms with Gasteiger partial charge in [0.15, 0.2) is 5.84 Å². The van der Waals surface area contributed by atoms with Crippen LogP contribution in [0.25, 0.3) is 0 Å². The Morgan fingerprint density at radius 1 is 1.07 bits per heavy atom. The van der Waals surface area contributed by atoms with Crippen molar-refractivity contribution in [3.63, 3.8) is 0 Å². The standard InChI is InChI=1S/C23H23N3O2/c1-16-12-17(2)14-20(13-16)28-22-10-9-19(15-24-22)23(25-27)26-11-5-7-18-6-3-4-8-21(18)26/h3-4,6,8-10,12-15,27H,5,7,11H2,1-2H3/b25-23-. The predicted octanol–water partition coefficient (Wildman–Crippen LogP) is 5.08. The summed E-state index contributed by atoms with van der Waals surface area (Å²) in [6.07, 6.45) is 3.73. The highest BCUT2D eigenvalue weighted by molar-refractivity contribution is 6.10. The van der Waals surface area contributed by atoms with Crippen molar-refractivity contribution in [2.45, 2.75) is 26.7 Å². The summed E-state index contributed by atoms with van der Waals surface area (Å²) >= 11 is 0. The molecule has 5 nitrogen and oxygen atoms in total. The Labute approximate surface area is 164 Å². The van der Waals surface area contributed by atoms with Crippen LogP contribution >= 0.6 is 0 Å². The SMILES string of the molecule is Cc1cc(C)cc(Oc2ccc(/C(=N/O)N3CCCc4ccccc43)cn2)c1. The predicted molar refractivity (Wildman–Crippen MR) is 111 cm³/mol. The monoisotopic (exact) mass is 373 g/mol. The molecule has 2 heterocycles. The van der Waals surface area contributed by atoms with Crippen molar-refractivity contribution in [1.82, 2.24) is 4.98 Å². The summed E-state index contributed by atoms with van der Waals surface area (Å²) in [4.78, 5) is 6.45. The van der Waals surface area contributed by atoms with E-state index in [0.29, 0.717) is 11.7 Å². The number of nitrogens with zero attached hydrogens (tertiary/aromatic N) is 3. The van der Waals surface area contributed by atoms with E-state index in [-0.39, 0.29) is 0 Å². The summed E-state index contributed by atoms with van der Waals surface area (Å²) in [5.41, 5.74) is 5.37. The van der Waals surface area contributed by atoms with E-state index in [0.717, 1.165) is 47.5 Å². The van der Waals surface area contributed by atoms with E-state index in [1.807, 2.05) is 49.1 Å². The number of hydrogen-bond acceptors (Lipinski definition) is 4. The lowest BCUT2D eigenvalue weighted by Gasteiger charge is -2.31. The van der Waals surface area contributed by atoms with E-state index in [4.69, 9.17) is 4.74 Å². The second kappa shape index (κ2) is 7.72. The minimum absolute atomic E-state index is 0.498. The second-order valence-corrected chi connectivity index (χ2v) is 7.12. The molecule has 28 heavy (non-hydrogen) atoms. The molecule has 1 aromatic heterocycles. The molecule has 0 saturated carbocycles. The number of pyridine rings is 1. The van der Waals surface area contributed by atoms with Gasteiger partial charge in [0.25, 0.3) is 0 Å². The third kappa shape index (κ3) is 3.69. The molecule has 2 aromatic carbocycles. The Kier molecular flexibility index (Phi) is 4.98. The maximum Gasteiger partial charge on any atom is 0.219 e. The van der Waals surface area contributed by atoms with E-state index in [2.05, 4.69) is 28.3 Å². The topological polar surface area (TPSA) is 58.0 Å². The number of amidine groups is 1. The van der Waals surface area contributed by atoms with Crippen LogP contribution in [0.3, 0.4) is 0 Å². The highest BCUT2D eigenvalue weighted by Gasteiger charge is 2.22. The van der Waals surface area contributed by atoms with Gasteiger partial charge in [-0.25, -0.2) is 4.98 Å². The molecule has 1 aliphatic rings. The zero-order chi connectivity index (χ0) is 19.5. The molecule has 3 aromatic rings. The summed E-state index contributed by atoms with van der Waals surface area (Å²) in [5.74, 6) is 1.77. The Balaban J connectivity index is 1.58. The van der Waals surface area contributed by atoms with Crippen molar-refractivity contribution < 1.29 is 9.94 Å². The number of rotatable bonds is 3. The van der Waals surface area contributed by atoms with Crippen LogP contribution < -0.4 is 9.64 Å². The van der Waals surface area contributed by atoms with Crippen molar-refractivity contribution in [2.75, 3.05) is 11.4 Å². The number of fused-ring (bicyclic) bond motifs is 1. The number of anilines is 1. The van der Waals surface area contributed by atoms with Gasteiger partial charge in [0, 0.05) is 30.1 Å². The van der Waals surface area contributed by atoms with Crippen LogP contribution in [-0.4, -0.2) is 22.6 Å². The molecule has 0 radical (unpaired) electrons. The third-order valence-corrected chi connectivity index (χ3v) is 4.87. The highest BCUT2D eigenvalue weighted by Crippen LogP contribution is 2.29. The molecule has 0 fully saturated rings. The lowest BCUT2D eigenvalue weighted by atomic mass is 10.0. The number of benzene rings is 2. The van der Waals surface area contributed by atoms with Gasteiger partial charge in [0.2, 0.25) is 5.88 Å². The van der Waals surface area contributed by atoms with Gasteiger partial charge < -0.3 is 14.8 Å². The quantitative estimate of drug-likeness (QED) is 0.301. The maximum absolute atomic E-state index is 9.71. The Hall–Kier alpha value is -3.34. The maximum atomic E-state index is 9.71. The number of aromatic nitrogens is 1. The first-order valence-electron chi connectivity index (χ1n) is 9.44. The minimum Gasteiger partial charge on any atom is -0.439 e. The van der Waals surface area contributed by atoms with Gasteiger partial charge in [-0.05, 0) is 67.6 Å². The molecule has 1 aliphatic heterocycles. The van der Waals surface area contributed by atoms with Crippen LogP contribution in [0.1, 0.15) is 28.7 Å². The molecule has 0 atom stereocenters. The number of aryl methyl sites for hydroxylation is 3. The molecule has 0 amide bonds. The van der Waals surface area contributed by atoms with Crippen LogP contribution in [0.2, 0.25) is 0 Å². The van der Waals surface area contributed by atoms with Crippen molar-refractivity contribution in [3.8, 4) is 11.6 Å². The fourth-order valence-electron chi connectivity index (χ4n) is 3.71. The minimum atomic E-state index is 0.498. The molecule has 0 saturated heterocycles. The van der Waals surface area contributed by atoms with Crippen LogP contribution in [0.5, 0.6) is 11.6 Å². The van der Waals surface area contributed by atoms with Gasteiger partial charge in [-0.1, -0.05) is 29.4 Å².